The minimum atomic E-state index is -0.262. The molecule has 0 aliphatic rings. The van der Waals surface area contributed by atoms with Crippen molar-refractivity contribution in [3.63, 3.8) is 0 Å². The van der Waals surface area contributed by atoms with Gasteiger partial charge in [-0.25, -0.2) is 4.98 Å². The van der Waals surface area contributed by atoms with E-state index in [9.17, 15) is 9.59 Å². The molecule has 0 fully saturated rings. The molecule has 152 valence electrons. The van der Waals surface area contributed by atoms with Gasteiger partial charge in [-0.15, -0.1) is 0 Å². The number of hydrogen-bond acceptors (Lipinski definition) is 5. The number of fused-ring (bicyclic) bond motifs is 1. The molecule has 2 amide bonds. The van der Waals surface area contributed by atoms with E-state index in [2.05, 4.69) is 20.8 Å². The third-order valence-electron chi connectivity index (χ3n) is 4.49. The van der Waals surface area contributed by atoms with Crippen LogP contribution < -0.4 is 10.6 Å². The van der Waals surface area contributed by atoms with Crippen LogP contribution >= 0.6 is 0 Å². The smallest absolute Gasteiger partial charge is 0.259 e. The van der Waals surface area contributed by atoms with E-state index in [1.165, 1.54) is 0 Å². The molecule has 0 unspecified atom stereocenters. The molecule has 29 heavy (non-hydrogen) atoms. The fourth-order valence-corrected chi connectivity index (χ4v) is 3.01. The molecule has 0 spiro atoms. The molecule has 0 saturated carbocycles. The number of anilines is 2. The van der Waals surface area contributed by atoms with E-state index in [1.807, 2.05) is 27.7 Å². The van der Waals surface area contributed by atoms with E-state index in [-0.39, 0.29) is 17.7 Å². The van der Waals surface area contributed by atoms with Gasteiger partial charge >= 0.3 is 0 Å². The fraction of sp³-hybridized carbons (Fsp3) is 0.364. The number of rotatable bonds is 6. The van der Waals surface area contributed by atoms with Crippen molar-refractivity contribution in [3.8, 4) is 0 Å². The van der Waals surface area contributed by atoms with E-state index < -0.39 is 0 Å². The van der Waals surface area contributed by atoms with Gasteiger partial charge in [0.15, 0.2) is 0 Å². The summed E-state index contributed by atoms with van der Waals surface area (Å²) < 4.78 is 5.28. The molecule has 0 aliphatic heterocycles. The highest BCUT2D eigenvalue weighted by atomic mass is 16.5. The summed E-state index contributed by atoms with van der Waals surface area (Å²) in [7, 11) is 0. The molecule has 0 bridgehead atoms. The van der Waals surface area contributed by atoms with Crippen molar-refractivity contribution in [1.82, 2.24) is 10.1 Å². The Labute approximate surface area is 169 Å². The van der Waals surface area contributed by atoms with Crippen LogP contribution in [0.25, 0.3) is 11.1 Å². The third-order valence-corrected chi connectivity index (χ3v) is 4.49. The predicted molar refractivity (Wildman–Crippen MR) is 113 cm³/mol. The first-order valence-corrected chi connectivity index (χ1v) is 9.72. The Morgan fingerprint density at radius 1 is 1.03 bits per heavy atom. The number of hydrogen-bond donors (Lipinski definition) is 2. The van der Waals surface area contributed by atoms with Crippen molar-refractivity contribution in [2.45, 2.75) is 47.0 Å². The molecule has 1 aromatic carbocycles. The maximum atomic E-state index is 13.0. The minimum absolute atomic E-state index is 0.0277. The lowest BCUT2D eigenvalue weighted by molar-refractivity contribution is -0.116. The summed E-state index contributed by atoms with van der Waals surface area (Å²) in [5.74, 6) is 0.148. The van der Waals surface area contributed by atoms with Crippen LogP contribution in [0.15, 0.2) is 34.9 Å². The second-order valence-electron chi connectivity index (χ2n) is 7.88. The number of amides is 2. The van der Waals surface area contributed by atoms with Crippen LogP contribution in [0.4, 0.5) is 11.4 Å². The van der Waals surface area contributed by atoms with Crippen molar-refractivity contribution in [1.29, 1.82) is 0 Å². The lowest BCUT2D eigenvalue weighted by atomic mass is 10.0. The quantitative estimate of drug-likeness (QED) is 0.620. The van der Waals surface area contributed by atoms with Gasteiger partial charge in [0.1, 0.15) is 0 Å². The number of carbonyl (C=O) groups excluding carboxylic acids is 2. The molecule has 7 nitrogen and oxygen atoms in total. The van der Waals surface area contributed by atoms with Crippen molar-refractivity contribution in [2.75, 3.05) is 10.6 Å². The molecule has 3 rings (SSSR count). The van der Waals surface area contributed by atoms with Crippen LogP contribution in [0, 0.1) is 12.8 Å². The lowest BCUT2D eigenvalue weighted by Crippen LogP contribution is -2.15. The first kappa shape index (κ1) is 20.5. The molecule has 0 saturated heterocycles. The first-order chi connectivity index (χ1) is 13.7. The summed E-state index contributed by atoms with van der Waals surface area (Å²) in [6.07, 6.45) is 0.465. The number of nitrogens with zero attached hydrogens (tertiary/aromatic N) is 2. The zero-order chi connectivity index (χ0) is 21.1. The van der Waals surface area contributed by atoms with Crippen LogP contribution in [0.1, 0.15) is 61.8 Å². The monoisotopic (exact) mass is 394 g/mol. The average molecular weight is 394 g/mol. The van der Waals surface area contributed by atoms with Gasteiger partial charge in [0, 0.05) is 23.5 Å². The van der Waals surface area contributed by atoms with Gasteiger partial charge in [-0.1, -0.05) is 32.9 Å². The largest absolute Gasteiger partial charge is 0.336 e. The van der Waals surface area contributed by atoms with Gasteiger partial charge in [-0.05, 0) is 49.1 Å². The van der Waals surface area contributed by atoms with Crippen LogP contribution in [-0.2, 0) is 4.79 Å². The van der Waals surface area contributed by atoms with E-state index >= 15 is 0 Å². The zero-order valence-corrected chi connectivity index (χ0v) is 17.4. The molecule has 7 heteroatoms. The van der Waals surface area contributed by atoms with Crippen molar-refractivity contribution >= 4 is 34.3 Å². The summed E-state index contributed by atoms with van der Waals surface area (Å²) in [5.41, 5.74) is 3.55. The van der Waals surface area contributed by atoms with Crippen LogP contribution in [0.2, 0.25) is 0 Å². The SMILES string of the molecule is Cc1noc2nc(C(C)C)cc(C(=O)Nc3ccc(NC(=O)CC(C)C)cc3)c12. The zero-order valence-electron chi connectivity index (χ0n) is 17.4. The number of benzene rings is 1. The number of aromatic nitrogens is 2. The highest BCUT2D eigenvalue weighted by Crippen LogP contribution is 2.26. The van der Waals surface area contributed by atoms with Gasteiger partial charge < -0.3 is 15.2 Å². The number of carbonyl (C=O) groups is 2. The number of pyridine rings is 1. The predicted octanol–water partition coefficient (Wildman–Crippen LogP) is 4.89. The minimum Gasteiger partial charge on any atom is -0.336 e. The molecule has 2 aromatic heterocycles. The van der Waals surface area contributed by atoms with Crippen LogP contribution in [-0.4, -0.2) is 22.0 Å². The fourth-order valence-electron chi connectivity index (χ4n) is 3.01. The van der Waals surface area contributed by atoms with E-state index in [4.69, 9.17) is 4.52 Å². The molecule has 2 heterocycles. The van der Waals surface area contributed by atoms with E-state index in [0.29, 0.717) is 46.1 Å². The number of nitrogens with one attached hydrogen (secondary N) is 2. The maximum absolute atomic E-state index is 13.0. The molecular formula is C22H26N4O3. The molecule has 0 atom stereocenters. The second kappa shape index (κ2) is 8.43. The Bertz CT molecular complexity index is 1040. The van der Waals surface area contributed by atoms with Crippen molar-refractivity contribution in [2.24, 2.45) is 5.92 Å². The highest BCUT2D eigenvalue weighted by molar-refractivity contribution is 6.12. The van der Waals surface area contributed by atoms with Crippen LogP contribution in [0.5, 0.6) is 0 Å². The standard InChI is InChI=1S/C22H26N4O3/c1-12(2)10-19(27)23-15-6-8-16(9-7-15)24-21(28)17-11-18(13(3)4)25-22-20(17)14(5)26-29-22/h6-9,11-13H,10H2,1-5H3,(H,23,27)(H,24,28). The summed E-state index contributed by atoms with van der Waals surface area (Å²) in [6, 6.07) is 8.82. The molecular weight excluding hydrogens is 368 g/mol. The summed E-state index contributed by atoms with van der Waals surface area (Å²) in [4.78, 5) is 29.3. The van der Waals surface area contributed by atoms with E-state index in [1.54, 1.807) is 37.3 Å². The molecule has 0 aliphatic carbocycles. The van der Waals surface area contributed by atoms with Gasteiger partial charge in [0.25, 0.3) is 11.6 Å². The summed E-state index contributed by atoms with van der Waals surface area (Å²) in [6.45, 7) is 9.79. The summed E-state index contributed by atoms with van der Waals surface area (Å²) >= 11 is 0. The van der Waals surface area contributed by atoms with Gasteiger partial charge in [0.05, 0.1) is 16.6 Å². The maximum Gasteiger partial charge on any atom is 0.259 e. The molecule has 3 aromatic rings. The Morgan fingerprint density at radius 3 is 2.24 bits per heavy atom. The normalized spacial score (nSPS) is 11.3. The van der Waals surface area contributed by atoms with E-state index in [0.717, 1.165) is 5.69 Å². The Morgan fingerprint density at radius 2 is 1.66 bits per heavy atom. The van der Waals surface area contributed by atoms with Crippen molar-refractivity contribution in [3.05, 3.63) is 47.3 Å². The Kier molecular flexibility index (Phi) is 5.96. The van der Waals surface area contributed by atoms with Gasteiger partial charge in [-0.3, -0.25) is 9.59 Å². The third kappa shape index (κ3) is 4.80. The van der Waals surface area contributed by atoms with Gasteiger partial charge in [-0.2, -0.15) is 0 Å². The topological polar surface area (TPSA) is 97.1 Å². The molecule has 2 N–H and O–H groups in total. The summed E-state index contributed by atoms with van der Waals surface area (Å²) in [5, 5.41) is 10.3. The van der Waals surface area contributed by atoms with Crippen molar-refractivity contribution < 1.29 is 14.1 Å². The van der Waals surface area contributed by atoms with Crippen LogP contribution in [0.3, 0.4) is 0 Å². The number of aryl methyl sites for hydroxylation is 1. The lowest BCUT2D eigenvalue weighted by Gasteiger charge is -2.11. The highest BCUT2D eigenvalue weighted by Gasteiger charge is 2.20. The Hall–Kier alpha value is -3.22. The molecule has 0 radical (unpaired) electrons. The second-order valence-corrected chi connectivity index (χ2v) is 7.88. The average Bonchev–Trinajstić information content (AvgIpc) is 3.03. The Balaban J connectivity index is 1.80. The van der Waals surface area contributed by atoms with Gasteiger partial charge in [0.2, 0.25) is 5.91 Å². The first-order valence-electron chi connectivity index (χ1n) is 9.72.